The van der Waals surface area contributed by atoms with Crippen LogP contribution in [0.4, 0.5) is 13.2 Å². The summed E-state index contributed by atoms with van der Waals surface area (Å²) in [6.07, 6.45) is -4.06. The van der Waals surface area contributed by atoms with Crippen LogP contribution < -0.4 is 5.32 Å². The van der Waals surface area contributed by atoms with E-state index in [9.17, 15) is 26.4 Å². The van der Waals surface area contributed by atoms with Gasteiger partial charge in [-0.3, -0.25) is 10.2 Å². The number of nitrogens with one attached hydrogen (secondary N) is 2. The Balaban J connectivity index is 2.52. The third-order valence-electron chi connectivity index (χ3n) is 3.30. The second kappa shape index (κ2) is 8.47. The first-order valence-electron chi connectivity index (χ1n) is 7.47. The minimum atomic E-state index is -5.07. The molecule has 0 unspecified atom stereocenters. The molecule has 156 valence electrons. The van der Waals surface area contributed by atoms with E-state index < -0.39 is 45.0 Å². The molecule has 2 aromatic rings. The van der Waals surface area contributed by atoms with E-state index in [-0.39, 0.29) is 15.7 Å². The van der Waals surface area contributed by atoms with Crippen LogP contribution >= 0.6 is 23.1 Å². The SMILES string of the molecule is CS(=O)(=O)c1cccc(-c2nc(/C(NCC(=O)O)=C(\Cl)C(=N)C(F)(F)F)ns2)c1. The van der Waals surface area contributed by atoms with Crippen molar-refractivity contribution in [3.8, 4) is 10.6 Å². The molecule has 0 aliphatic carbocycles. The first-order chi connectivity index (χ1) is 13.3. The zero-order valence-electron chi connectivity index (χ0n) is 14.4. The number of alkyl halides is 3. The summed E-state index contributed by atoms with van der Waals surface area (Å²) in [6, 6.07) is 5.65. The number of nitrogens with zero attached hydrogens (tertiary/aromatic N) is 2. The molecule has 0 spiro atoms. The van der Waals surface area contributed by atoms with Gasteiger partial charge in [0.25, 0.3) is 0 Å². The number of carbonyl (C=O) groups is 1. The summed E-state index contributed by atoms with van der Waals surface area (Å²) in [4.78, 5) is 14.8. The average Bonchev–Trinajstić information content (AvgIpc) is 3.09. The number of rotatable bonds is 7. The van der Waals surface area contributed by atoms with E-state index in [0.29, 0.717) is 5.56 Å². The molecule has 14 heteroatoms. The summed E-state index contributed by atoms with van der Waals surface area (Å²) in [5.41, 5.74) is -2.16. The van der Waals surface area contributed by atoms with Crippen molar-refractivity contribution in [1.82, 2.24) is 14.7 Å². The summed E-state index contributed by atoms with van der Waals surface area (Å²) in [7, 11) is -3.51. The van der Waals surface area contributed by atoms with Gasteiger partial charge in [0.2, 0.25) is 0 Å². The van der Waals surface area contributed by atoms with Crippen LogP contribution in [0.3, 0.4) is 0 Å². The fourth-order valence-corrected chi connectivity index (χ4v) is 3.56. The zero-order valence-corrected chi connectivity index (χ0v) is 16.8. The second-order valence-electron chi connectivity index (χ2n) is 5.53. The number of hydrogen-bond donors (Lipinski definition) is 3. The molecular weight excluding hydrogens is 457 g/mol. The summed E-state index contributed by atoms with van der Waals surface area (Å²) < 4.78 is 65.7. The molecule has 0 atom stereocenters. The molecule has 0 saturated carbocycles. The van der Waals surface area contributed by atoms with Crippen LogP contribution in [0.5, 0.6) is 0 Å². The Morgan fingerprint density at radius 1 is 1.38 bits per heavy atom. The van der Waals surface area contributed by atoms with Gasteiger partial charge in [0, 0.05) is 11.8 Å². The number of carboxylic acids is 1. The molecule has 0 aliphatic rings. The molecule has 3 N–H and O–H groups in total. The van der Waals surface area contributed by atoms with Gasteiger partial charge in [0.05, 0.1) is 9.93 Å². The molecule has 0 radical (unpaired) electrons. The highest BCUT2D eigenvalue weighted by Crippen LogP contribution is 2.30. The van der Waals surface area contributed by atoms with Crippen LogP contribution in [0, 0.1) is 5.41 Å². The lowest BCUT2D eigenvalue weighted by Crippen LogP contribution is -2.28. The average molecular weight is 469 g/mol. The molecule has 29 heavy (non-hydrogen) atoms. The monoisotopic (exact) mass is 468 g/mol. The molecule has 8 nitrogen and oxygen atoms in total. The van der Waals surface area contributed by atoms with Crippen LogP contribution in [0.2, 0.25) is 0 Å². The first kappa shape index (κ1) is 22.8. The Morgan fingerprint density at radius 2 is 2.03 bits per heavy atom. The van der Waals surface area contributed by atoms with Crippen molar-refractivity contribution in [3.05, 3.63) is 35.1 Å². The number of benzene rings is 1. The summed E-state index contributed by atoms with van der Waals surface area (Å²) in [5, 5.41) is 17.2. The van der Waals surface area contributed by atoms with Gasteiger partial charge < -0.3 is 10.4 Å². The lowest BCUT2D eigenvalue weighted by molar-refractivity contribution is -0.135. The van der Waals surface area contributed by atoms with Gasteiger partial charge in [-0.15, -0.1) is 0 Å². The standard InChI is InChI=1S/C15H12ClF3N4O4S2/c1-29(26,27)8-4-2-3-7(5-8)14-22-13(23-28-14)11(21-6-9(24)25)10(16)12(20)15(17,18)19/h2-5,20-21H,6H2,1H3,(H,24,25)/b11-10+,20-12?. The van der Waals surface area contributed by atoms with E-state index >= 15 is 0 Å². The number of aromatic nitrogens is 2. The van der Waals surface area contributed by atoms with Crippen LogP contribution in [-0.2, 0) is 14.6 Å². The minimum absolute atomic E-state index is 0.00315. The predicted molar refractivity (Wildman–Crippen MR) is 101 cm³/mol. The number of allylic oxidation sites excluding steroid dienone is 1. The number of aliphatic carboxylic acids is 1. The highest BCUT2D eigenvalue weighted by atomic mass is 35.5. The fraction of sp³-hybridized carbons (Fsp3) is 0.200. The third-order valence-corrected chi connectivity index (χ3v) is 5.55. The van der Waals surface area contributed by atoms with Gasteiger partial charge >= 0.3 is 12.1 Å². The summed E-state index contributed by atoms with van der Waals surface area (Å²) >= 11 is 6.40. The number of hydrogen-bond acceptors (Lipinski definition) is 8. The quantitative estimate of drug-likeness (QED) is 0.532. The molecule has 0 aliphatic heterocycles. The van der Waals surface area contributed by atoms with Gasteiger partial charge in [-0.2, -0.15) is 17.5 Å². The molecule has 1 aromatic carbocycles. The molecule has 0 amide bonds. The van der Waals surface area contributed by atoms with Crippen molar-refractivity contribution >= 4 is 50.3 Å². The topological polar surface area (TPSA) is 133 Å². The van der Waals surface area contributed by atoms with Crippen molar-refractivity contribution in [1.29, 1.82) is 5.41 Å². The Labute approximate surface area is 171 Å². The molecular formula is C15H12ClF3N4O4S2. The van der Waals surface area contributed by atoms with E-state index in [1.54, 1.807) is 0 Å². The van der Waals surface area contributed by atoms with Crippen LogP contribution in [0.1, 0.15) is 5.82 Å². The van der Waals surface area contributed by atoms with Crippen molar-refractivity contribution in [2.45, 2.75) is 11.1 Å². The van der Waals surface area contributed by atoms with E-state index in [4.69, 9.17) is 22.1 Å². The summed E-state index contributed by atoms with van der Waals surface area (Å²) in [6.45, 7) is -0.797. The molecule has 2 rings (SSSR count). The van der Waals surface area contributed by atoms with E-state index in [0.717, 1.165) is 17.8 Å². The smallest absolute Gasteiger partial charge is 0.434 e. The van der Waals surface area contributed by atoms with Crippen molar-refractivity contribution in [3.63, 3.8) is 0 Å². The number of carboxylic acid groups (broad SMARTS) is 1. The maximum absolute atomic E-state index is 12.8. The van der Waals surface area contributed by atoms with Gasteiger partial charge in [-0.1, -0.05) is 23.7 Å². The third kappa shape index (κ3) is 5.74. The Morgan fingerprint density at radius 3 is 2.59 bits per heavy atom. The Kier molecular flexibility index (Phi) is 6.65. The first-order valence-corrected chi connectivity index (χ1v) is 10.5. The number of sulfone groups is 1. The van der Waals surface area contributed by atoms with Gasteiger partial charge in [-0.05, 0) is 23.7 Å². The Bertz CT molecular complexity index is 1100. The van der Waals surface area contributed by atoms with E-state index in [1.165, 1.54) is 24.3 Å². The minimum Gasteiger partial charge on any atom is -0.480 e. The maximum Gasteiger partial charge on any atom is 0.434 e. The molecule has 0 bridgehead atoms. The van der Waals surface area contributed by atoms with Crippen molar-refractivity contribution in [2.24, 2.45) is 0 Å². The highest BCUT2D eigenvalue weighted by molar-refractivity contribution is 7.90. The molecule has 0 fully saturated rings. The fourth-order valence-electron chi connectivity index (χ4n) is 1.97. The molecule has 1 aromatic heterocycles. The van der Waals surface area contributed by atoms with Crippen molar-refractivity contribution < 1.29 is 31.5 Å². The van der Waals surface area contributed by atoms with E-state index in [2.05, 4.69) is 14.7 Å². The van der Waals surface area contributed by atoms with Crippen LogP contribution in [0.15, 0.2) is 34.2 Å². The zero-order chi connectivity index (χ0) is 22.0. The highest BCUT2D eigenvalue weighted by Gasteiger charge is 2.38. The van der Waals surface area contributed by atoms with Crippen molar-refractivity contribution in [2.75, 3.05) is 12.8 Å². The van der Waals surface area contributed by atoms with Gasteiger partial charge in [0.15, 0.2) is 21.4 Å². The maximum atomic E-state index is 12.8. The Hall–Kier alpha value is -2.51. The molecule has 1 heterocycles. The van der Waals surface area contributed by atoms with Crippen LogP contribution in [-0.4, -0.2) is 53.5 Å². The molecule has 0 saturated heterocycles. The normalized spacial score (nSPS) is 13.0. The largest absolute Gasteiger partial charge is 0.480 e. The lowest BCUT2D eigenvalue weighted by Gasteiger charge is -2.12. The summed E-state index contributed by atoms with van der Waals surface area (Å²) in [5.74, 6) is -1.75. The van der Waals surface area contributed by atoms with Crippen LogP contribution in [0.25, 0.3) is 16.3 Å². The predicted octanol–water partition coefficient (Wildman–Crippen LogP) is 2.77. The number of halogens is 4. The second-order valence-corrected chi connectivity index (χ2v) is 8.68. The van der Waals surface area contributed by atoms with Gasteiger partial charge in [-0.25, -0.2) is 13.4 Å². The van der Waals surface area contributed by atoms with Gasteiger partial charge in [0.1, 0.15) is 17.2 Å². The lowest BCUT2D eigenvalue weighted by atomic mass is 10.2. The van der Waals surface area contributed by atoms with E-state index in [1.807, 2.05) is 0 Å².